The van der Waals surface area contributed by atoms with E-state index in [2.05, 4.69) is 30.7 Å². The third-order valence-corrected chi connectivity index (χ3v) is 7.88. The summed E-state index contributed by atoms with van der Waals surface area (Å²) < 4.78 is 1.67. The van der Waals surface area contributed by atoms with Gasteiger partial charge in [0.15, 0.2) is 5.65 Å². The second kappa shape index (κ2) is 11.9. The lowest BCUT2D eigenvalue weighted by molar-refractivity contribution is -0.123. The van der Waals surface area contributed by atoms with Crippen LogP contribution >= 0.6 is 0 Å². The third-order valence-electron chi connectivity index (χ3n) is 7.88. The molecule has 1 aliphatic carbocycles. The second-order valence-electron chi connectivity index (χ2n) is 11.0. The molecule has 6 rings (SSSR count). The van der Waals surface area contributed by atoms with Crippen LogP contribution in [0.5, 0.6) is 0 Å². The normalized spacial score (nSPS) is 13.8. The van der Waals surface area contributed by atoms with Gasteiger partial charge in [-0.05, 0) is 104 Å². The highest BCUT2D eigenvalue weighted by atomic mass is 16.2. The zero-order valence-corrected chi connectivity index (χ0v) is 23.6. The molecule has 42 heavy (non-hydrogen) atoms. The Bertz CT molecular complexity index is 1720. The van der Waals surface area contributed by atoms with E-state index in [4.69, 9.17) is 0 Å². The summed E-state index contributed by atoms with van der Waals surface area (Å²) in [6.45, 7) is 2.04. The Hall–Kier alpha value is -4.92. The number of pyridine rings is 3. The van der Waals surface area contributed by atoms with Crippen LogP contribution in [0.4, 0.5) is 5.69 Å². The summed E-state index contributed by atoms with van der Waals surface area (Å²) in [5.74, 6) is -0.0450. The van der Waals surface area contributed by atoms with Crippen LogP contribution in [0.1, 0.15) is 54.4 Å². The smallest absolute Gasteiger partial charge is 0.225 e. The molecule has 5 aromatic rings. The predicted octanol–water partition coefficient (Wildman–Crippen LogP) is 5.19. The molecule has 2 N–H and O–H groups in total. The Balaban J connectivity index is 1.00. The largest absolute Gasteiger partial charge is 0.346 e. The summed E-state index contributed by atoms with van der Waals surface area (Å²) >= 11 is 0. The summed E-state index contributed by atoms with van der Waals surface area (Å²) in [7, 11) is 0. The number of carbonyl (C=O) groups excluding carboxylic acids is 2. The molecule has 4 aromatic heterocycles. The number of benzene rings is 1. The number of hydrogen-bond acceptors (Lipinski definition) is 6. The van der Waals surface area contributed by atoms with E-state index in [1.807, 2.05) is 73.8 Å². The molecule has 0 unspecified atom stereocenters. The average molecular weight is 560 g/mol. The average Bonchev–Trinajstić information content (AvgIpc) is 3.44. The molecule has 2 amide bonds. The van der Waals surface area contributed by atoms with Crippen molar-refractivity contribution < 1.29 is 9.59 Å². The fraction of sp³-hybridized carbons (Fsp3) is 0.273. The molecule has 0 bridgehead atoms. The van der Waals surface area contributed by atoms with E-state index < -0.39 is 0 Å². The highest BCUT2D eigenvalue weighted by Crippen LogP contribution is 2.41. The maximum Gasteiger partial charge on any atom is 0.225 e. The molecule has 0 atom stereocenters. The maximum atomic E-state index is 13.0. The van der Waals surface area contributed by atoms with Crippen molar-refractivity contribution in [3.05, 3.63) is 108 Å². The molecule has 4 heterocycles. The molecule has 1 fully saturated rings. The Morgan fingerprint density at radius 3 is 2.43 bits per heavy atom. The van der Waals surface area contributed by atoms with Gasteiger partial charge < -0.3 is 10.6 Å². The van der Waals surface area contributed by atoms with Gasteiger partial charge in [-0.2, -0.15) is 5.10 Å². The summed E-state index contributed by atoms with van der Waals surface area (Å²) in [6.07, 6.45) is 12.0. The van der Waals surface area contributed by atoms with Gasteiger partial charge in [-0.15, -0.1) is 0 Å². The molecule has 1 aliphatic rings. The zero-order chi connectivity index (χ0) is 28.9. The molecule has 212 valence electrons. The molecule has 9 heteroatoms. The summed E-state index contributed by atoms with van der Waals surface area (Å²) in [5.41, 5.74) is 7.04. The van der Waals surface area contributed by atoms with E-state index >= 15 is 0 Å². The van der Waals surface area contributed by atoms with E-state index in [-0.39, 0.29) is 23.8 Å². The van der Waals surface area contributed by atoms with Crippen molar-refractivity contribution in [3.63, 3.8) is 0 Å². The van der Waals surface area contributed by atoms with Gasteiger partial charge in [0.2, 0.25) is 11.8 Å². The monoisotopic (exact) mass is 559 g/mol. The lowest BCUT2D eigenvalue weighted by Gasteiger charge is -2.43. The highest BCUT2D eigenvalue weighted by molar-refractivity contribution is 5.90. The SMILES string of the molecule is Cc1ccnc(-c2cc(CCCC(=O)Nc3ccc(C4(NC(=O)Cc5ccc6ncnn6c5)CCC4)cc3)ccn2)c1. The Kier molecular flexibility index (Phi) is 7.72. The molecule has 1 saturated carbocycles. The van der Waals surface area contributed by atoms with Gasteiger partial charge in [0, 0.05) is 30.7 Å². The van der Waals surface area contributed by atoms with Crippen molar-refractivity contribution >= 4 is 23.1 Å². The van der Waals surface area contributed by atoms with Crippen LogP contribution in [0.25, 0.3) is 17.0 Å². The molecule has 0 radical (unpaired) electrons. The lowest BCUT2D eigenvalue weighted by Crippen LogP contribution is -2.51. The minimum absolute atomic E-state index is 0.0200. The molecule has 1 aromatic carbocycles. The maximum absolute atomic E-state index is 13.0. The van der Waals surface area contributed by atoms with Gasteiger partial charge in [0.1, 0.15) is 6.33 Å². The van der Waals surface area contributed by atoms with Crippen molar-refractivity contribution in [3.8, 4) is 11.4 Å². The first-order chi connectivity index (χ1) is 20.5. The number of nitrogens with zero attached hydrogens (tertiary/aromatic N) is 5. The van der Waals surface area contributed by atoms with Crippen molar-refractivity contribution in [1.29, 1.82) is 0 Å². The Morgan fingerprint density at radius 1 is 0.881 bits per heavy atom. The predicted molar refractivity (Wildman–Crippen MR) is 161 cm³/mol. The fourth-order valence-electron chi connectivity index (χ4n) is 5.47. The van der Waals surface area contributed by atoms with Crippen molar-refractivity contribution in [1.82, 2.24) is 29.9 Å². The van der Waals surface area contributed by atoms with Crippen LogP contribution in [0.2, 0.25) is 0 Å². The number of nitrogens with one attached hydrogen (secondary N) is 2. The van der Waals surface area contributed by atoms with Crippen LogP contribution in [-0.4, -0.2) is 36.4 Å². The first-order valence-corrected chi connectivity index (χ1v) is 14.3. The molecular formula is C33H33N7O2. The highest BCUT2D eigenvalue weighted by Gasteiger charge is 2.39. The Labute approximate surface area is 244 Å². The standard InChI is InChI=1S/C33H33N7O2/c1-23-12-16-34-28(18-23)29-19-24(13-17-35-29)4-2-5-31(41)38-27-9-7-26(8-10-27)33(14-3-15-33)39-32(42)20-25-6-11-30-36-22-37-40(30)21-25/h6-13,16-19,21-22H,2-5,14-15,20H2,1H3,(H,38,41)(H,39,42). The summed E-state index contributed by atoms with van der Waals surface area (Å²) in [4.78, 5) is 38.7. The minimum Gasteiger partial charge on any atom is -0.346 e. The second-order valence-corrected chi connectivity index (χ2v) is 11.0. The third kappa shape index (κ3) is 6.20. The molecule has 0 aliphatic heterocycles. The van der Waals surface area contributed by atoms with Crippen LogP contribution in [0.15, 0.2) is 85.6 Å². The van der Waals surface area contributed by atoms with Crippen molar-refractivity contribution in [2.24, 2.45) is 0 Å². The van der Waals surface area contributed by atoms with E-state index in [9.17, 15) is 9.59 Å². The zero-order valence-electron chi connectivity index (χ0n) is 23.6. The van der Waals surface area contributed by atoms with Crippen LogP contribution in [0.3, 0.4) is 0 Å². The molecular weight excluding hydrogens is 526 g/mol. The number of amides is 2. The van der Waals surface area contributed by atoms with Crippen LogP contribution in [0, 0.1) is 6.92 Å². The number of aromatic nitrogens is 5. The van der Waals surface area contributed by atoms with Crippen molar-refractivity contribution in [2.75, 3.05) is 5.32 Å². The number of hydrogen-bond donors (Lipinski definition) is 2. The topological polar surface area (TPSA) is 114 Å². The Morgan fingerprint density at radius 2 is 1.67 bits per heavy atom. The van der Waals surface area contributed by atoms with E-state index in [1.165, 1.54) is 6.33 Å². The van der Waals surface area contributed by atoms with Gasteiger partial charge in [-0.1, -0.05) is 18.2 Å². The quantitative estimate of drug-likeness (QED) is 0.243. The first-order valence-electron chi connectivity index (χ1n) is 14.3. The number of anilines is 1. The van der Waals surface area contributed by atoms with E-state index in [0.717, 1.165) is 77.1 Å². The van der Waals surface area contributed by atoms with Gasteiger partial charge in [0.25, 0.3) is 0 Å². The number of fused-ring (bicyclic) bond motifs is 1. The molecule has 9 nitrogen and oxygen atoms in total. The number of rotatable bonds is 10. The van der Waals surface area contributed by atoms with E-state index in [0.29, 0.717) is 6.42 Å². The van der Waals surface area contributed by atoms with Gasteiger partial charge in [-0.25, -0.2) is 9.50 Å². The van der Waals surface area contributed by atoms with Gasteiger partial charge >= 0.3 is 0 Å². The number of aryl methyl sites for hydroxylation is 2. The van der Waals surface area contributed by atoms with Gasteiger partial charge in [0.05, 0.1) is 23.3 Å². The van der Waals surface area contributed by atoms with Crippen molar-refractivity contribution in [2.45, 2.75) is 57.4 Å². The summed E-state index contributed by atoms with van der Waals surface area (Å²) in [6, 6.07) is 19.6. The molecule has 0 spiro atoms. The fourth-order valence-corrected chi connectivity index (χ4v) is 5.47. The van der Waals surface area contributed by atoms with Crippen LogP contribution in [-0.2, 0) is 28.0 Å². The van der Waals surface area contributed by atoms with Gasteiger partial charge in [-0.3, -0.25) is 19.6 Å². The lowest BCUT2D eigenvalue weighted by atomic mass is 9.71. The van der Waals surface area contributed by atoms with Crippen LogP contribution < -0.4 is 10.6 Å². The summed E-state index contributed by atoms with van der Waals surface area (Å²) in [5, 5.41) is 10.4. The van der Waals surface area contributed by atoms with E-state index in [1.54, 1.807) is 16.9 Å². The number of carbonyl (C=O) groups is 2. The molecule has 0 saturated heterocycles. The minimum atomic E-state index is -0.367. The first kappa shape index (κ1) is 27.3.